The first-order chi connectivity index (χ1) is 13.0. The van der Waals surface area contributed by atoms with Crippen molar-refractivity contribution in [2.75, 3.05) is 38.8 Å². The van der Waals surface area contributed by atoms with Gasteiger partial charge in [0.25, 0.3) is 0 Å². The van der Waals surface area contributed by atoms with Crippen molar-refractivity contribution in [2.24, 2.45) is 0 Å². The van der Waals surface area contributed by atoms with Gasteiger partial charge in [0, 0.05) is 30.4 Å². The molecule has 6 nitrogen and oxygen atoms in total. The minimum absolute atomic E-state index is 0.0643. The molecule has 6 heteroatoms. The number of piperazine rings is 1. The lowest BCUT2D eigenvalue weighted by Gasteiger charge is -2.35. The molecular weight excluding hydrogens is 344 g/mol. The van der Waals surface area contributed by atoms with Crippen molar-refractivity contribution in [3.8, 4) is 11.5 Å². The number of para-hydroxylation sites is 1. The zero-order valence-electron chi connectivity index (χ0n) is 15.9. The summed E-state index contributed by atoms with van der Waals surface area (Å²) in [5.41, 5.74) is 2.73. The zero-order chi connectivity index (χ0) is 19.4. The molecule has 1 heterocycles. The second kappa shape index (κ2) is 8.12. The summed E-state index contributed by atoms with van der Waals surface area (Å²) in [5, 5.41) is 0. The number of carbonyl (C=O) groups excluding carboxylic acids is 2. The molecule has 1 fully saturated rings. The van der Waals surface area contributed by atoms with Gasteiger partial charge in [0.2, 0.25) is 11.8 Å². The van der Waals surface area contributed by atoms with Crippen LogP contribution in [0.3, 0.4) is 0 Å². The third-order valence-corrected chi connectivity index (χ3v) is 4.82. The number of carbonyl (C=O) groups is 2. The topological polar surface area (TPSA) is 59.1 Å². The van der Waals surface area contributed by atoms with E-state index < -0.39 is 0 Å². The third-order valence-electron chi connectivity index (χ3n) is 4.82. The lowest BCUT2D eigenvalue weighted by molar-refractivity contribution is -0.136. The molecule has 3 rings (SSSR count). The molecule has 0 saturated carbocycles. The number of hydrogen-bond acceptors (Lipinski definition) is 4. The van der Waals surface area contributed by atoms with Crippen LogP contribution in [-0.2, 0) is 16.0 Å². The van der Waals surface area contributed by atoms with Gasteiger partial charge in [-0.25, -0.2) is 0 Å². The van der Waals surface area contributed by atoms with Crippen LogP contribution >= 0.6 is 0 Å². The van der Waals surface area contributed by atoms with E-state index >= 15 is 0 Å². The highest BCUT2D eigenvalue weighted by Gasteiger charge is 2.29. The van der Waals surface area contributed by atoms with Crippen LogP contribution in [0.25, 0.3) is 0 Å². The Morgan fingerprint density at radius 3 is 2.52 bits per heavy atom. The van der Waals surface area contributed by atoms with Gasteiger partial charge in [-0.05, 0) is 24.6 Å². The van der Waals surface area contributed by atoms with Gasteiger partial charge in [-0.1, -0.05) is 24.3 Å². The maximum absolute atomic E-state index is 12.7. The Kier molecular flexibility index (Phi) is 5.64. The van der Waals surface area contributed by atoms with Crippen LogP contribution < -0.4 is 14.4 Å². The highest BCUT2D eigenvalue weighted by atomic mass is 16.5. The second-order valence-corrected chi connectivity index (χ2v) is 6.50. The molecule has 0 bridgehead atoms. The molecule has 0 unspecified atom stereocenters. The Morgan fingerprint density at radius 1 is 1.07 bits per heavy atom. The van der Waals surface area contributed by atoms with E-state index in [1.807, 2.05) is 37.3 Å². The Morgan fingerprint density at radius 2 is 1.85 bits per heavy atom. The van der Waals surface area contributed by atoms with Gasteiger partial charge in [-0.3, -0.25) is 9.59 Å². The smallest absolute Gasteiger partial charge is 0.246 e. The van der Waals surface area contributed by atoms with Gasteiger partial charge in [0.1, 0.15) is 18.0 Å². The summed E-state index contributed by atoms with van der Waals surface area (Å²) in [6, 6.07) is 13.2. The number of ether oxygens (including phenoxy) is 2. The molecule has 0 aromatic heterocycles. The molecule has 1 saturated heterocycles. The second-order valence-electron chi connectivity index (χ2n) is 6.50. The van der Waals surface area contributed by atoms with Crippen LogP contribution in [0.1, 0.15) is 11.1 Å². The molecule has 2 aromatic rings. The zero-order valence-corrected chi connectivity index (χ0v) is 15.9. The number of anilines is 1. The normalized spacial score (nSPS) is 14.3. The molecule has 27 heavy (non-hydrogen) atoms. The molecule has 0 N–H and O–H groups in total. The monoisotopic (exact) mass is 368 g/mol. The fourth-order valence-corrected chi connectivity index (χ4v) is 3.28. The van der Waals surface area contributed by atoms with E-state index in [-0.39, 0.29) is 24.8 Å². The van der Waals surface area contributed by atoms with Crippen LogP contribution in [0.4, 0.5) is 5.69 Å². The highest BCUT2D eigenvalue weighted by Crippen LogP contribution is 2.26. The number of methoxy groups -OCH3 is 2. The van der Waals surface area contributed by atoms with Crippen molar-refractivity contribution in [3.05, 3.63) is 53.6 Å². The summed E-state index contributed by atoms with van der Waals surface area (Å²) in [6.07, 6.45) is 0.185. The first kappa shape index (κ1) is 18.8. The summed E-state index contributed by atoms with van der Waals surface area (Å²) in [6.45, 7) is 3.08. The summed E-state index contributed by atoms with van der Waals surface area (Å²) >= 11 is 0. The predicted molar refractivity (Wildman–Crippen MR) is 103 cm³/mol. The van der Waals surface area contributed by atoms with E-state index in [0.29, 0.717) is 24.6 Å². The highest BCUT2D eigenvalue weighted by molar-refractivity contribution is 5.98. The molecular formula is C21H24N2O4. The molecule has 0 aliphatic carbocycles. The molecule has 0 radical (unpaired) electrons. The molecule has 1 aliphatic heterocycles. The summed E-state index contributed by atoms with van der Waals surface area (Å²) < 4.78 is 10.5. The molecule has 2 aromatic carbocycles. The lowest BCUT2D eigenvalue weighted by atomic mass is 10.1. The fourth-order valence-electron chi connectivity index (χ4n) is 3.28. The van der Waals surface area contributed by atoms with Crippen LogP contribution in [0.15, 0.2) is 42.5 Å². The number of benzene rings is 2. The molecule has 142 valence electrons. The SMILES string of the molecule is COc1ccc(CC(=O)N2CCN(c3ccccc3C)C(=O)C2)c(OC)c1. The van der Waals surface area contributed by atoms with Crippen LogP contribution in [0, 0.1) is 6.92 Å². The number of nitrogens with zero attached hydrogens (tertiary/aromatic N) is 2. The van der Waals surface area contributed by atoms with E-state index in [9.17, 15) is 9.59 Å². The van der Waals surface area contributed by atoms with Crippen molar-refractivity contribution in [1.82, 2.24) is 4.90 Å². The Hall–Kier alpha value is -3.02. The van der Waals surface area contributed by atoms with E-state index in [4.69, 9.17) is 9.47 Å². The van der Waals surface area contributed by atoms with Gasteiger partial charge in [-0.15, -0.1) is 0 Å². The van der Waals surface area contributed by atoms with Crippen LogP contribution in [0.2, 0.25) is 0 Å². The van der Waals surface area contributed by atoms with Crippen molar-refractivity contribution in [3.63, 3.8) is 0 Å². The quantitative estimate of drug-likeness (QED) is 0.813. The molecule has 1 aliphatic rings. The van der Waals surface area contributed by atoms with E-state index in [1.54, 1.807) is 36.2 Å². The number of rotatable bonds is 5. The van der Waals surface area contributed by atoms with Gasteiger partial charge in [-0.2, -0.15) is 0 Å². The van der Waals surface area contributed by atoms with Gasteiger partial charge >= 0.3 is 0 Å². The lowest BCUT2D eigenvalue weighted by Crippen LogP contribution is -2.53. The van der Waals surface area contributed by atoms with E-state index in [2.05, 4.69) is 0 Å². The molecule has 0 atom stereocenters. The van der Waals surface area contributed by atoms with Crippen LogP contribution in [0.5, 0.6) is 11.5 Å². The molecule has 2 amide bonds. The Bertz CT molecular complexity index is 850. The van der Waals surface area contributed by atoms with Gasteiger partial charge in [0.15, 0.2) is 0 Å². The van der Waals surface area contributed by atoms with Gasteiger partial charge in [0.05, 0.1) is 20.6 Å². The average Bonchev–Trinajstić information content (AvgIpc) is 2.69. The van der Waals surface area contributed by atoms with Crippen molar-refractivity contribution < 1.29 is 19.1 Å². The van der Waals surface area contributed by atoms with E-state index in [0.717, 1.165) is 16.8 Å². The molecule has 0 spiro atoms. The average molecular weight is 368 g/mol. The first-order valence-electron chi connectivity index (χ1n) is 8.88. The Balaban J connectivity index is 1.68. The summed E-state index contributed by atoms with van der Waals surface area (Å²) in [7, 11) is 3.15. The Labute approximate surface area is 159 Å². The van der Waals surface area contributed by atoms with Crippen molar-refractivity contribution >= 4 is 17.5 Å². The van der Waals surface area contributed by atoms with Gasteiger partial charge < -0.3 is 19.3 Å². The van der Waals surface area contributed by atoms with Crippen LogP contribution in [-0.4, -0.2) is 50.6 Å². The minimum atomic E-state index is -0.0868. The third kappa shape index (κ3) is 4.05. The van der Waals surface area contributed by atoms with Crippen molar-refractivity contribution in [2.45, 2.75) is 13.3 Å². The number of aryl methyl sites for hydroxylation is 1. The minimum Gasteiger partial charge on any atom is -0.497 e. The van der Waals surface area contributed by atoms with Crippen molar-refractivity contribution in [1.29, 1.82) is 0 Å². The number of amides is 2. The van der Waals surface area contributed by atoms with E-state index in [1.165, 1.54) is 0 Å². The first-order valence-corrected chi connectivity index (χ1v) is 8.88. The standard InChI is InChI=1S/C21H24N2O4/c1-15-6-4-5-7-18(15)23-11-10-22(14-21(23)25)20(24)12-16-8-9-17(26-2)13-19(16)27-3/h4-9,13H,10-12,14H2,1-3H3. The maximum atomic E-state index is 12.7. The summed E-state index contributed by atoms with van der Waals surface area (Å²) in [5.74, 6) is 1.12. The largest absolute Gasteiger partial charge is 0.497 e. The fraction of sp³-hybridized carbons (Fsp3) is 0.333. The predicted octanol–water partition coefficient (Wildman–Crippen LogP) is 2.43. The number of hydrogen-bond donors (Lipinski definition) is 0. The maximum Gasteiger partial charge on any atom is 0.246 e. The summed E-state index contributed by atoms with van der Waals surface area (Å²) in [4.78, 5) is 28.7.